The van der Waals surface area contributed by atoms with Gasteiger partial charge in [-0.3, -0.25) is 4.98 Å². The van der Waals surface area contributed by atoms with Gasteiger partial charge in [-0.1, -0.05) is 12.1 Å². The van der Waals surface area contributed by atoms with Gasteiger partial charge in [0.15, 0.2) is 0 Å². The molecular weight excluding hydrogens is 422 g/mol. The van der Waals surface area contributed by atoms with E-state index in [1.165, 1.54) is 0 Å². The summed E-state index contributed by atoms with van der Waals surface area (Å²) >= 11 is 1.55. The second kappa shape index (κ2) is 8.64. The number of aromatic nitrogens is 4. The molecule has 0 radical (unpaired) electrons. The Balaban J connectivity index is 1.32. The first-order valence-electron chi connectivity index (χ1n) is 10.5. The summed E-state index contributed by atoms with van der Waals surface area (Å²) in [7, 11) is 0. The van der Waals surface area contributed by atoms with Crippen LogP contribution in [0.25, 0.3) is 10.4 Å². The highest BCUT2D eigenvalue weighted by Gasteiger charge is 2.39. The first-order chi connectivity index (χ1) is 15.6. The van der Waals surface area contributed by atoms with E-state index in [0.717, 1.165) is 51.5 Å². The maximum Gasteiger partial charge on any atom is 0.230 e. The van der Waals surface area contributed by atoms with E-state index in [2.05, 4.69) is 31.3 Å². The van der Waals surface area contributed by atoms with Gasteiger partial charge in [0.2, 0.25) is 11.8 Å². The summed E-state index contributed by atoms with van der Waals surface area (Å²) in [6.45, 7) is 2.43. The molecule has 0 spiro atoms. The van der Waals surface area contributed by atoms with E-state index >= 15 is 0 Å². The number of thiazole rings is 1. The zero-order valence-corrected chi connectivity index (χ0v) is 18.5. The molecule has 2 N–H and O–H groups in total. The smallest absolute Gasteiger partial charge is 0.230 e. The number of pyridine rings is 1. The van der Waals surface area contributed by atoms with Gasteiger partial charge in [0, 0.05) is 42.1 Å². The van der Waals surface area contributed by atoms with E-state index in [-0.39, 0.29) is 0 Å². The van der Waals surface area contributed by atoms with Crippen molar-refractivity contribution in [2.45, 2.75) is 38.4 Å². The SMILES string of the molecule is Cc1cc(Nc2nccc(OCc3cccnc3)n2)cc(-c2cnc(C3(O)CCC3)s2)c1. The zero-order chi connectivity index (χ0) is 22.0. The number of nitrogens with one attached hydrogen (secondary N) is 1. The fraction of sp³-hybridized carbons (Fsp3) is 0.250. The Bertz CT molecular complexity index is 1220. The number of aryl methyl sites for hydroxylation is 1. The predicted octanol–water partition coefficient (Wildman–Crippen LogP) is 5.00. The van der Waals surface area contributed by atoms with Crippen molar-refractivity contribution in [3.05, 3.63) is 77.3 Å². The molecule has 1 saturated carbocycles. The van der Waals surface area contributed by atoms with Crippen LogP contribution in [0.3, 0.4) is 0 Å². The lowest BCUT2D eigenvalue weighted by Crippen LogP contribution is -2.33. The molecule has 0 atom stereocenters. The lowest BCUT2D eigenvalue weighted by Gasteiger charge is -2.34. The Hall–Kier alpha value is -3.36. The molecule has 162 valence electrons. The minimum atomic E-state index is -0.738. The van der Waals surface area contributed by atoms with Crippen LogP contribution in [-0.4, -0.2) is 25.0 Å². The minimum Gasteiger partial charge on any atom is -0.473 e. The summed E-state index contributed by atoms with van der Waals surface area (Å²) in [6, 6.07) is 11.8. The highest BCUT2D eigenvalue weighted by molar-refractivity contribution is 7.15. The molecule has 3 heterocycles. The summed E-state index contributed by atoms with van der Waals surface area (Å²) in [4.78, 5) is 18.4. The maximum absolute atomic E-state index is 10.6. The van der Waals surface area contributed by atoms with Crippen molar-refractivity contribution >= 4 is 23.0 Å². The van der Waals surface area contributed by atoms with Crippen molar-refractivity contribution in [1.29, 1.82) is 0 Å². The van der Waals surface area contributed by atoms with Gasteiger partial charge in [0.1, 0.15) is 17.2 Å². The molecule has 1 aromatic carbocycles. The molecule has 5 rings (SSSR count). The van der Waals surface area contributed by atoms with Crippen molar-refractivity contribution in [3.63, 3.8) is 0 Å². The third-order valence-electron chi connectivity index (χ3n) is 5.44. The van der Waals surface area contributed by atoms with Gasteiger partial charge in [0.05, 0.1) is 4.88 Å². The molecule has 0 aliphatic heterocycles. The van der Waals surface area contributed by atoms with Crippen molar-refractivity contribution in [2.75, 3.05) is 5.32 Å². The number of hydrogen-bond acceptors (Lipinski definition) is 8. The van der Waals surface area contributed by atoms with Crippen molar-refractivity contribution < 1.29 is 9.84 Å². The van der Waals surface area contributed by atoms with Crippen LogP contribution in [0.2, 0.25) is 0 Å². The van der Waals surface area contributed by atoms with Gasteiger partial charge < -0.3 is 15.2 Å². The number of rotatable bonds is 7. The summed E-state index contributed by atoms with van der Waals surface area (Å²) in [5, 5.41) is 14.7. The second-order valence-electron chi connectivity index (χ2n) is 8.00. The van der Waals surface area contributed by atoms with Gasteiger partial charge in [-0.25, -0.2) is 9.97 Å². The van der Waals surface area contributed by atoms with Crippen LogP contribution in [0.15, 0.2) is 61.2 Å². The van der Waals surface area contributed by atoms with Crippen LogP contribution in [0, 0.1) is 6.92 Å². The molecule has 0 amide bonds. The van der Waals surface area contributed by atoms with E-state index in [1.807, 2.05) is 37.4 Å². The number of benzene rings is 1. The van der Waals surface area contributed by atoms with Crippen molar-refractivity contribution in [3.8, 4) is 16.3 Å². The largest absolute Gasteiger partial charge is 0.473 e. The van der Waals surface area contributed by atoms with E-state index in [1.54, 1.807) is 36.0 Å². The van der Waals surface area contributed by atoms with Gasteiger partial charge in [-0.2, -0.15) is 4.98 Å². The Morgan fingerprint density at radius 2 is 2.03 bits per heavy atom. The van der Waals surface area contributed by atoms with E-state index in [4.69, 9.17) is 4.74 Å². The molecule has 8 heteroatoms. The van der Waals surface area contributed by atoms with Crippen molar-refractivity contribution in [2.24, 2.45) is 0 Å². The maximum atomic E-state index is 10.6. The quantitative estimate of drug-likeness (QED) is 0.414. The third-order valence-corrected chi connectivity index (χ3v) is 6.68. The zero-order valence-electron chi connectivity index (χ0n) is 17.7. The Morgan fingerprint density at radius 1 is 1.12 bits per heavy atom. The Labute approximate surface area is 190 Å². The van der Waals surface area contributed by atoms with Gasteiger partial charge in [-0.15, -0.1) is 11.3 Å². The van der Waals surface area contributed by atoms with E-state index in [0.29, 0.717) is 18.4 Å². The molecule has 4 aromatic rings. The summed E-state index contributed by atoms with van der Waals surface area (Å²) in [5.74, 6) is 0.944. The highest BCUT2D eigenvalue weighted by Crippen LogP contribution is 2.44. The molecule has 1 fully saturated rings. The first-order valence-corrected chi connectivity index (χ1v) is 11.3. The van der Waals surface area contributed by atoms with Crippen LogP contribution >= 0.6 is 11.3 Å². The number of ether oxygens (including phenoxy) is 1. The molecule has 0 unspecified atom stereocenters. The fourth-order valence-electron chi connectivity index (χ4n) is 3.60. The topological polar surface area (TPSA) is 93.1 Å². The van der Waals surface area contributed by atoms with Crippen LogP contribution < -0.4 is 10.1 Å². The number of anilines is 2. The molecule has 32 heavy (non-hydrogen) atoms. The minimum absolute atomic E-state index is 0.388. The van der Waals surface area contributed by atoms with Crippen LogP contribution in [-0.2, 0) is 12.2 Å². The monoisotopic (exact) mass is 445 g/mol. The Morgan fingerprint density at radius 3 is 2.81 bits per heavy atom. The molecule has 0 bridgehead atoms. The predicted molar refractivity (Wildman–Crippen MR) is 124 cm³/mol. The average Bonchev–Trinajstić information content (AvgIpc) is 3.27. The van der Waals surface area contributed by atoms with Gasteiger partial charge in [-0.05, 0) is 55.5 Å². The normalized spacial score (nSPS) is 14.6. The molecule has 1 aliphatic rings. The summed E-state index contributed by atoms with van der Waals surface area (Å²) in [5.41, 5.74) is 3.26. The molecule has 0 saturated heterocycles. The highest BCUT2D eigenvalue weighted by atomic mass is 32.1. The average molecular weight is 446 g/mol. The second-order valence-corrected chi connectivity index (χ2v) is 9.03. The molecular formula is C24H23N5O2S. The number of hydrogen-bond donors (Lipinski definition) is 2. The van der Waals surface area contributed by atoms with Crippen LogP contribution in [0.1, 0.15) is 35.4 Å². The fourth-order valence-corrected chi connectivity index (χ4v) is 4.65. The summed E-state index contributed by atoms with van der Waals surface area (Å²) in [6.07, 6.45) is 9.64. The van der Waals surface area contributed by atoms with Gasteiger partial charge in [0.25, 0.3) is 0 Å². The third kappa shape index (κ3) is 4.46. The van der Waals surface area contributed by atoms with Crippen molar-refractivity contribution in [1.82, 2.24) is 19.9 Å². The number of aliphatic hydroxyl groups is 1. The number of nitrogens with zero attached hydrogens (tertiary/aromatic N) is 4. The Kier molecular flexibility index (Phi) is 5.55. The van der Waals surface area contributed by atoms with E-state index < -0.39 is 5.60 Å². The van der Waals surface area contributed by atoms with E-state index in [9.17, 15) is 5.11 Å². The lowest BCUT2D eigenvalue weighted by molar-refractivity contribution is -0.0389. The molecule has 3 aromatic heterocycles. The lowest BCUT2D eigenvalue weighted by atomic mass is 9.81. The standard InChI is InChI=1S/C24H23N5O2S/c1-16-10-18(20-14-27-22(32-20)24(30)6-3-7-24)12-19(11-16)28-23-26-9-5-21(29-23)31-15-17-4-2-8-25-13-17/h2,4-5,8-14,30H,3,6-7,15H2,1H3,(H,26,28,29). The van der Waals surface area contributed by atoms with Gasteiger partial charge >= 0.3 is 0 Å². The van der Waals surface area contributed by atoms with Crippen LogP contribution in [0.5, 0.6) is 5.88 Å². The van der Waals surface area contributed by atoms with Crippen LogP contribution in [0.4, 0.5) is 11.6 Å². The molecule has 7 nitrogen and oxygen atoms in total. The molecule has 1 aliphatic carbocycles. The summed E-state index contributed by atoms with van der Waals surface area (Å²) < 4.78 is 5.78. The first kappa shape index (κ1) is 20.5.